The molecule has 0 aliphatic carbocycles. The van der Waals surface area contributed by atoms with Gasteiger partial charge in [-0.3, -0.25) is 14.4 Å². The molecule has 11 nitrogen and oxygen atoms in total. The van der Waals surface area contributed by atoms with Gasteiger partial charge in [-0.2, -0.15) is 0 Å². The SMILES string of the molecule is CC(C)[C@H]([NH3+])C(=O)N[C@@H](Cc1ccc(O)cc1)C(=O)N[C@@H](Cc1c[nH]c2ccccc12)C(=O)N[C@@H](Cc1ccccc1)C(=O)O. The number of carboxylic acid groups (broad SMARTS) is 1. The molecule has 11 heteroatoms. The number of phenolic OH excluding ortho intramolecular Hbond substituents is 1. The Morgan fingerprint density at radius 2 is 1.24 bits per heavy atom. The minimum Gasteiger partial charge on any atom is -0.508 e. The third-order valence-corrected chi connectivity index (χ3v) is 7.78. The molecule has 0 saturated heterocycles. The zero-order chi connectivity index (χ0) is 32.5. The Morgan fingerprint density at radius 3 is 1.89 bits per heavy atom. The number of rotatable bonds is 14. The highest BCUT2D eigenvalue weighted by Gasteiger charge is 2.32. The van der Waals surface area contributed by atoms with Gasteiger partial charge in [0.25, 0.3) is 5.91 Å². The predicted molar refractivity (Wildman–Crippen MR) is 169 cm³/mol. The fourth-order valence-corrected chi connectivity index (χ4v) is 4.98. The molecule has 1 aromatic heterocycles. The van der Waals surface area contributed by atoms with Gasteiger partial charge in [0.2, 0.25) is 11.8 Å². The average molecular weight is 615 g/mol. The number of carboxylic acids is 1. The molecule has 3 amide bonds. The number of phenols is 1. The third-order valence-electron chi connectivity index (χ3n) is 7.78. The number of carbonyl (C=O) groups is 4. The minimum atomic E-state index is -1.24. The number of para-hydroxylation sites is 1. The van der Waals surface area contributed by atoms with E-state index < -0.39 is 47.9 Å². The van der Waals surface area contributed by atoms with Crippen LogP contribution in [0.2, 0.25) is 0 Å². The van der Waals surface area contributed by atoms with Crippen LogP contribution in [-0.2, 0) is 38.4 Å². The molecule has 4 atom stereocenters. The number of fused-ring (bicyclic) bond motifs is 1. The maximum Gasteiger partial charge on any atom is 0.326 e. The van der Waals surface area contributed by atoms with Gasteiger partial charge in [-0.1, -0.05) is 74.5 Å². The van der Waals surface area contributed by atoms with Gasteiger partial charge in [0.15, 0.2) is 6.04 Å². The highest BCUT2D eigenvalue weighted by atomic mass is 16.4. The van der Waals surface area contributed by atoms with Crippen LogP contribution in [0.1, 0.15) is 30.5 Å². The van der Waals surface area contributed by atoms with Crippen LogP contribution in [0.3, 0.4) is 0 Å². The van der Waals surface area contributed by atoms with E-state index in [1.165, 1.54) is 12.1 Å². The Hall–Kier alpha value is -5.16. The zero-order valence-electron chi connectivity index (χ0n) is 25.3. The fraction of sp³-hybridized carbons (Fsp3) is 0.294. The Labute approximate surface area is 261 Å². The summed E-state index contributed by atoms with van der Waals surface area (Å²) >= 11 is 0. The van der Waals surface area contributed by atoms with E-state index in [1.807, 2.05) is 44.2 Å². The van der Waals surface area contributed by atoms with Gasteiger partial charge in [-0.05, 0) is 34.9 Å². The van der Waals surface area contributed by atoms with Crippen LogP contribution in [0.25, 0.3) is 10.9 Å². The van der Waals surface area contributed by atoms with Crippen molar-refractivity contribution in [1.82, 2.24) is 20.9 Å². The second kappa shape index (κ2) is 15.0. The monoisotopic (exact) mass is 614 g/mol. The zero-order valence-corrected chi connectivity index (χ0v) is 25.3. The van der Waals surface area contributed by atoms with E-state index in [9.17, 15) is 29.4 Å². The van der Waals surface area contributed by atoms with Gasteiger partial charge >= 0.3 is 5.97 Å². The Morgan fingerprint density at radius 1 is 0.711 bits per heavy atom. The lowest BCUT2D eigenvalue weighted by atomic mass is 10.00. The standard InChI is InChI=1S/C34H39N5O6/c1-20(2)30(35)33(43)38-27(16-22-12-14-24(40)15-13-22)31(41)37-28(18-23-19-36-26-11-7-6-10-25(23)26)32(42)39-29(34(44)45)17-21-8-4-3-5-9-21/h3-15,19-20,27-30,36,40H,16-18,35H2,1-2H3,(H,37,41)(H,38,43)(H,39,42)(H,44,45)/p+1/t27-,28-,29-,30-/m0/s1. The quantitative estimate of drug-likeness (QED) is 0.113. The van der Waals surface area contributed by atoms with E-state index >= 15 is 0 Å². The Kier molecular flexibility index (Phi) is 10.9. The molecule has 0 bridgehead atoms. The van der Waals surface area contributed by atoms with Gasteiger partial charge in [0, 0.05) is 42.3 Å². The normalized spacial score (nSPS) is 13.9. The molecule has 0 spiro atoms. The van der Waals surface area contributed by atoms with E-state index in [2.05, 4.69) is 26.7 Å². The Bertz CT molecular complexity index is 1620. The summed E-state index contributed by atoms with van der Waals surface area (Å²) in [6.45, 7) is 3.70. The molecule has 9 N–H and O–H groups in total. The van der Waals surface area contributed by atoms with Crippen LogP contribution in [-0.4, -0.2) is 63.1 Å². The van der Waals surface area contributed by atoms with Crippen molar-refractivity contribution in [2.45, 2.75) is 57.3 Å². The van der Waals surface area contributed by atoms with Gasteiger partial charge in [-0.15, -0.1) is 0 Å². The highest BCUT2D eigenvalue weighted by molar-refractivity contribution is 5.95. The number of aliphatic carboxylic acids is 1. The van der Waals surface area contributed by atoms with Crippen LogP contribution in [0.15, 0.2) is 85.1 Å². The molecule has 45 heavy (non-hydrogen) atoms. The number of aromatic hydroxyl groups is 1. The van der Waals surface area contributed by atoms with E-state index in [4.69, 9.17) is 0 Å². The second-order valence-corrected chi connectivity index (χ2v) is 11.5. The van der Waals surface area contributed by atoms with E-state index in [0.29, 0.717) is 5.56 Å². The van der Waals surface area contributed by atoms with Gasteiger partial charge in [0.1, 0.15) is 23.9 Å². The van der Waals surface area contributed by atoms with Gasteiger partial charge < -0.3 is 36.9 Å². The van der Waals surface area contributed by atoms with Gasteiger partial charge in [0.05, 0.1) is 0 Å². The van der Waals surface area contributed by atoms with Crippen molar-refractivity contribution in [3.63, 3.8) is 0 Å². The van der Waals surface area contributed by atoms with Crippen molar-refractivity contribution in [1.29, 1.82) is 0 Å². The lowest BCUT2D eigenvalue weighted by molar-refractivity contribution is -0.414. The first-order valence-corrected chi connectivity index (χ1v) is 14.9. The summed E-state index contributed by atoms with van der Waals surface area (Å²) in [6, 6.07) is 18.6. The van der Waals surface area contributed by atoms with Crippen molar-refractivity contribution < 1.29 is 35.1 Å². The smallest absolute Gasteiger partial charge is 0.326 e. The molecule has 236 valence electrons. The van der Waals surface area contributed by atoms with Crippen molar-refractivity contribution >= 4 is 34.6 Å². The van der Waals surface area contributed by atoms with Gasteiger partial charge in [-0.25, -0.2) is 4.79 Å². The number of hydrogen-bond acceptors (Lipinski definition) is 5. The molecule has 1 heterocycles. The Balaban J connectivity index is 1.62. The predicted octanol–water partition coefficient (Wildman–Crippen LogP) is 1.71. The number of quaternary nitrogens is 1. The summed E-state index contributed by atoms with van der Waals surface area (Å²) in [4.78, 5) is 56.0. The third kappa shape index (κ3) is 8.93. The first-order chi connectivity index (χ1) is 21.5. The number of nitrogens with one attached hydrogen (secondary N) is 4. The summed E-state index contributed by atoms with van der Waals surface area (Å²) in [5, 5.41) is 28.7. The van der Waals surface area contributed by atoms with Crippen LogP contribution in [0.5, 0.6) is 5.75 Å². The first kappa shape index (κ1) is 32.7. The molecule has 3 aromatic carbocycles. The lowest BCUT2D eigenvalue weighted by Crippen LogP contribution is -2.71. The molecule has 0 fully saturated rings. The first-order valence-electron chi connectivity index (χ1n) is 14.9. The molecule has 4 rings (SSSR count). The molecule has 4 aromatic rings. The number of aromatic amines is 1. The van der Waals surface area contributed by atoms with Crippen LogP contribution in [0.4, 0.5) is 0 Å². The molecule has 0 aliphatic rings. The largest absolute Gasteiger partial charge is 0.508 e. The molecule has 0 saturated carbocycles. The maximum atomic E-state index is 13.9. The summed E-state index contributed by atoms with van der Waals surface area (Å²) in [5.74, 6) is -2.96. The van der Waals surface area contributed by atoms with E-state index in [-0.39, 0.29) is 30.9 Å². The van der Waals surface area contributed by atoms with Crippen molar-refractivity contribution in [2.75, 3.05) is 0 Å². The lowest BCUT2D eigenvalue weighted by Gasteiger charge is -2.25. The van der Waals surface area contributed by atoms with E-state index in [1.54, 1.807) is 42.6 Å². The van der Waals surface area contributed by atoms with Crippen LogP contribution in [0, 0.1) is 5.92 Å². The topological polar surface area (TPSA) is 188 Å². The highest BCUT2D eigenvalue weighted by Crippen LogP contribution is 2.20. The minimum absolute atomic E-state index is 0.0509. The molecule has 0 aliphatic heterocycles. The summed E-state index contributed by atoms with van der Waals surface area (Å²) in [6.07, 6.45) is 1.94. The molecule has 0 unspecified atom stereocenters. The van der Waals surface area contributed by atoms with Crippen molar-refractivity contribution in [3.05, 3.63) is 102 Å². The number of amides is 3. The number of benzene rings is 3. The molecule has 0 radical (unpaired) electrons. The average Bonchev–Trinajstić information content (AvgIpc) is 3.43. The van der Waals surface area contributed by atoms with Crippen LogP contribution >= 0.6 is 0 Å². The molecular weight excluding hydrogens is 574 g/mol. The summed E-state index contributed by atoms with van der Waals surface area (Å²) < 4.78 is 0. The number of aromatic nitrogens is 1. The summed E-state index contributed by atoms with van der Waals surface area (Å²) in [5.41, 5.74) is 6.91. The molecular formula is C34H40N5O6+. The number of H-pyrrole nitrogens is 1. The van der Waals surface area contributed by atoms with Crippen molar-refractivity contribution in [2.24, 2.45) is 5.92 Å². The fourth-order valence-electron chi connectivity index (χ4n) is 4.98. The van der Waals surface area contributed by atoms with E-state index in [0.717, 1.165) is 22.0 Å². The number of hydrogen-bond donors (Lipinski definition) is 7. The second-order valence-electron chi connectivity index (χ2n) is 11.5. The van der Waals surface area contributed by atoms with Crippen molar-refractivity contribution in [3.8, 4) is 5.75 Å². The number of carbonyl (C=O) groups excluding carboxylic acids is 3. The summed E-state index contributed by atoms with van der Waals surface area (Å²) in [7, 11) is 0. The maximum absolute atomic E-state index is 13.9. The van der Waals surface area contributed by atoms with Crippen LogP contribution < -0.4 is 21.7 Å².